The van der Waals surface area contributed by atoms with E-state index in [9.17, 15) is 4.79 Å². The monoisotopic (exact) mass is 199 g/mol. The van der Waals surface area contributed by atoms with Crippen molar-refractivity contribution in [3.05, 3.63) is 47.0 Å². The van der Waals surface area contributed by atoms with Gasteiger partial charge in [0, 0.05) is 18.6 Å². The van der Waals surface area contributed by atoms with E-state index in [0.717, 1.165) is 10.8 Å². The molecular formula is C11H9N3O. The predicted octanol–water partition coefficient (Wildman–Crippen LogP) is 1.19. The van der Waals surface area contributed by atoms with Crippen molar-refractivity contribution in [1.82, 2.24) is 14.2 Å². The summed E-state index contributed by atoms with van der Waals surface area (Å²) in [6, 6.07) is 9.82. The van der Waals surface area contributed by atoms with Gasteiger partial charge in [0.2, 0.25) is 0 Å². The Labute approximate surface area is 85.4 Å². The van der Waals surface area contributed by atoms with E-state index in [0.29, 0.717) is 5.65 Å². The van der Waals surface area contributed by atoms with E-state index >= 15 is 0 Å². The lowest BCUT2D eigenvalue weighted by molar-refractivity contribution is 0.733. The standard InChI is InChI=1S/C11H9N3O/c1-13-11(15)14-7-6-8-4-2-3-5-9(8)10(14)12-13/h2-7H,1H3. The summed E-state index contributed by atoms with van der Waals surface area (Å²) >= 11 is 0. The third-order valence-electron chi connectivity index (χ3n) is 2.56. The van der Waals surface area contributed by atoms with Gasteiger partial charge in [0.1, 0.15) is 0 Å². The summed E-state index contributed by atoms with van der Waals surface area (Å²) < 4.78 is 2.91. The van der Waals surface area contributed by atoms with Crippen LogP contribution in [-0.4, -0.2) is 14.2 Å². The molecule has 0 atom stereocenters. The van der Waals surface area contributed by atoms with Gasteiger partial charge in [-0.25, -0.2) is 13.9 Å². The van der Waals surface area contributed by atoms with Gasteiger partial charge in [-0.15, -0.1) is 5.10 Å². The number of hydrogen-bond donors (Lipinski definition) is 0. The molecule has 0 saturated heterocycles. The largest absolute Gasteiger partial charge is 0.350 e. The molecule has 0 radical (unpaired) electrons. The van der Waals surface area contributed by atoms with E-state index in [4.69, 9.17) is 0 Å². The van der Waals surface area contributed by atoms with Crippen LogP contribution >= 0.6 is 0 Å². The lowest BCUT2D eigenvalue weighted by Crippen LogP contribution is -2.17. The molecular weight excluding hydrogens is 190 g/mol. The van der Waals surface area contributed by atoms with Gasteiger partial charge in [-0.3, -0.25) is 0 Å². The Kier molecular flexibility index (Phi) is 1.48. The molecule has 1 aromatic carbocycles. The number of aryl methyl sites for hydroxylation is 1. The van der Waals surface area contributed by atoms with E-state index in [1.54, 1.807) is 17.6 Å². The average molecular weight is 199 g/mol. The van der Waals surface area contributed by atoms with E-state index in [-0.39, 0.29) is 5.69 Å². The van der Waals surface area contributed by atoms with Crippen LogP contribution in [0.15, 0.2) is 41.3 Å². The molecule has 4 nitrogen and oxygen atoms in total. The van der Waals surface area contributed by atoms with Crippen LogP contribution < -0.4 is 5.69 Å². The molecule has 0 N–H and O–H groups in total. The normalized spacial score (nSPS) is 11.3. The van der Waals surface area contributed by atoms with Gasteiger partial charge in [0.05, 0.1) is 0 Å². The molecule has 0 bridgehead atoms. The maximum Gasteiger partial charge on any atom is 0.350 e. The second-order valence-corrected chi connectivity index (χ2v) is 3.50. The highest BCUT2D eigenvalue weighted by Crippen LogP contribution is 2.16. The number of aromatic nitrogens is 3. The average Bonchev–Trinajstić information content (AvgIpc) is 2.56. The Morgan fingerprint density at radius 1 is 1.20 bits per heavy atom. The fourth-order valence-electron chi connectivity index (χ4n) is 1.80. The maximum atomic E-state index is 11.6. The number of pyridine rings is 1. The summed E-state index contributed by atoms with van der Waals surface area (Å²) in [7, 11) is 1.66. The number of hydrogen-bond acceptors (Lipinski definition) is 2. The van der Waals surface area contributed by atoms with Gasteiger partial charge in [0.25, 0.3) is 0 Å². The van der Waals surface area contributed by atoms with Gasteiger partial charge in [0.15, 0.2) is 5.65 Å². The molecule has 0 amide bonds. The van der Waals surface area contributed by atoms with Crippen LogP contribution in [0, 0.1) is 0 Å². The topological polar surface area (TPSA) is 39.3 Å². The number of nitrogens with zero attached hydrogens (tertiary/aromatic N) is 3. The van der Waals surface area contributed by atoms with Crippen molar-refractivity contribution in [1.29, 1.82) is 0 Å². The Hall–Kier alpha value is -2.10. The number of rotatable bonds is 0. The first kappa shape index (κ1) is 8.23. The van der Waals surface area contributed by atoms with Crippen molar-refractivity contribution >= 4 is 16.4 Å². The highest BCUT2D eigenvalue weighted by molar-refractivity contribution is 5.93. The Bertz CT molecular complexity index is 708. The fraction of sp³-hybridized carbons (Fsp3) is 0.0909. The summed E-state index contributed by atoms with van der Waals surface area (Å²) in [5.74, 6) is 0. The number of fused-ring (bicyclic) bond motifs is 3. The molecule has 0 saturated carbocycles. The molecule has 0 aliphatic heterocycles. The van der Waals surface area contributed by atoms with E-state index in [1.807, 2.05) is 30.3 Å². The Morgan fingerprint density at radius 3 is 2.87 bits per heavy atom. The molecule has 2 aromatic heterocycles. The molecule has 2 heterocycles. The van der Waals surface area contributed by atoms with Crippen molar-refractivity contribution in [2.24, 2.45) is 7.05 Å². The van der Waals surface area contributed by atoms with E-state index < -0.39 is 0 Å². The summed E-state index contributed by atoms with van der Waals surface area (Å²) in [5, 5.41) is 6.30. The zero-order valence-electron chi connectivity index (χ0n) is 8.21. The Morgan fingerprint density at radius 2 is 2.00 bits per heavy atom. The zero-order valence-corrected chi connectivity index (χ0v) is 8.21. The highest BCUT2D eigenvalue weighted by atomic mass is 16.2. The van der Waals surface area contributed by atoms with Crippen molar-refractivity contribution in [2.45, 2.75) is 0 Å². The minimum Gasteiger partial charge on any atom is -0.250 e. The SMILES string of the molecule is Cn1nc2c3ccccc3ccn2c1=O. The second kappa shape index (κ2) is 2.70. The quantitative estimate of drug-likeness (QED) is 0.545. The van der Waals surface area contributed by atoms with Crippen LogP contribution in [0.5, 0.6) is 0 Å². The first-order valence-electron chi connectivity index (χ1n) is 4.70. The van der Waals surface area contributed by atoms with Gasteiger partial charge < -0.3 is 0 Å². The lowest BCUT2D eigenvalue weighted by atomic mass is 10.2. The van der Waals surface area contributed by atoms with Crippen molar-refractivity contribution in [3.8, 4) is 0 Å². The first-order valence-corrected chi connectivity index (χ1v) is 4.70. The van der Waals surface area contributed by atoms with E-state index in [1.165, 1.54) is 4.68 Å². The minimum atomic E-state index is -0.115. The predicted molar refractivity (Wildman–Crippen MR) is 57.9 cm³/mol. The third-order valence-corrected chi connectivity index (χ3v) is 2.56. The summed E-state index contributed by atoms with van der Waals surface area (Å²) in [6.45, 7) is 0. The van der Waals surface area contributed by atoms with Crippen LogP contribution in [0.25, 0.3) is 16.4 Å². The molecule has 74 valence electrons. The maximum absolute atomic E-state index is 11.6. The molecule has 0 aliphatic carbocycles. The van der Waals surface area contributed by atoms with Crippen molar-refractivity contribution in [3.63, 3.8) is 0 Å². The summed E-state index contributed by atoms with van der Waals surface area (Å²) in [4.78, 5) is 11.6. The number of benzene rings is 1. The fourth-order valence-corrected chi connectivity index (χ4v) is 1.80. The molecule has 0 fully saturated rings. The summed E-state index contributed by atoms with van der Waals surface area (Å²) in [5.41, 5.74) is 0.594. The molecule has 15 heavy (non-hydrogen) atoms. The van der Waals surface area contributed by atoms with Crippen molar-refractivity contribution in [2.75, 3.05) is 0 Å². The van der Waals surface area contributed by atoms with Crippen LogP contribution in [0.2, 0.25) is 0 Å². The van der Waals surface area contributed by atoms with Crippen LogP contribution in [-0.2, 0) is 7.05 Å². The first-order chi connectivity index (χ1) is 7.27. The molecule has 3 rings (SSSR count). The molecule has 0 spiro atoms. The van der Waals surface area contributed by atoms with E-state index in [2.05, 4.69) is 5.10 Å². The van der Waals surface area contributed by atoms with Gasteiger partial charge >= 0.3 is 5.69 Å². The molecule has 3 aromatic rings. The van der Waals surface area contributed by atoms with Crippen molar-refractivity contribution < 1.29 is 0 Å². The second-order valence-electron chi connectivity index (χ2n) is 3.50. The summed E-state index contributed by atoms with van der Waals surface area (Å²) in [6.07, 6.45) is 1.76. The molecule has 0 unspecified atom stereocenters. The molecule has 0 aliphatic rings. The molecule has 4 heteroatoms. The lowest BCUT2D eigenvalue weighted by Gasteiger charge is -1.97. The van der Waals surface area contributed by atoms with Crippen LogP contribution in [0.3, 0.4) is 0 Å². The van der Waals surface area contributed by atoms with Gasteiger partial charge in [-0.05, 0) is 11.5 Å². The van der Waals surface area contributed by atoms with Crippen LogP contribution in [0.4, 0.5) is 0 Å². The minimum absolute atomic E-state index is 0.115. The van der Waals surface area contributed by atoms with Gasteiger partial charge in [-0.2, -0.15) is 0 Å². The highest BCUT2D eigenvalue weighted by Gasteiger charge is 2.06. The van der Waals surface area contributed by atoms with Gasteiger partial charge in [-0.1, -0.05) is 24.3 Å². The third kappa shape index (κ3) is 1.01. The smallest absolute Gasteiger partial charge is 0.250 e. The zero-order chi connectivity index (χ0) is 10.4. The van der Waals surface area contributed by atoms with Crippen LogP contribution in [0.1, 0.15) is 0 Å². The Balaban J connectivity index is 2.66.